The van der Waals surface area contributed by atoms with Crippen molar-refractivity contribution in [3.63, 3.8) is 0 Å². The molecule has 47 heavy (non-hydrogen) atoms. The molecule has 1 N–H and O–H groups in total. The zero-order valence-electron chi connectivity index (χ0n) is 26.2. The maximum Gasteiger partial charge on any atom is 0.305 e. The van der Waals surface area contributed by atoms with E-state index in [1.807, 2.05) is 60.7 Å². The average molecular weight is 670 g/mol. The molecule has 5 rings (SSSR count). The molecular formula is C34H39NO11S. The summed E-state index contributed by atoms with van der Waals surface area (Å²) in [4.78, 5) is 23.4. The molecule has 3 aromatic carbocycles. The van der Waals surface area contributed by atoms with Gasteiger partial charge in [0.25, 0.3) is 10.1 Å². The summed E-state index contributed by atoms with van der Waals surface area (Å²) in [6.07, 6.45) is -3.94. The van der Waals surface area contributed by atoms with E-state index < -0.39 is 47.1 Å². The lowest BCUT2D eigenvalue weighted by atomic mass is 9.97. The first-order valence-corrected chi connectivity index (χ1v) is 16.7. The van der Waals surface area contributed by atoms with Crippen molar-refractivity contribution >= 4 is 27.7 Å². The maximum atomic E-state index is 13.6. The molecule has 0 spiro atoms. The predicted octanol–water partition coefficient (Wildman–Crippen LogP) is 4.50. The van der Waals surface area contributed by atoms with E-state index in [-0.39, 0.29) is 42.8 Å². The van der Waals surface area contributed by atoms with Crippen molar-refractivity contribution in [2.24, 2.45) is 0 Å². The fourth-order valence-corrected chi connectivity index (χ4v) is 6.44. The van der Waals surface area contributed by atoms with Crippen LogP contribution >= 0.6 is 0 Å². The number of esters is 1. The smallest absolute Gasteiger partial charge is 0.305 e. The highest BCUT2D eigenvalue weighted by molar-refractivity contribution is 7.86. The van der Waals surface area contributed by atoms with Crippen LogP contribution in [0, 0.1) is 0 Å². The zero-order chi connectivity index (χ0) is 33.2. The first-order valence-electron chi connectivity index (χ1n) is 15.3. The van der Waals surface area contributed by atoms with Crippen LogP contribution in [-0.2, 0) is 58.9 Å². The molecule has 3 aromatic rings. The minimum Gasteiger partial charge on any atom is -0.469 e. The van der Waals surface area contributed by atoms with Gasteiger partial charge in [-0.25, -0.2) is 0 Å². The molecule has 0 radical (unpaired) electrons. The molecule has 6 atom stereocenters. The topological polar surface area (TPSA) is 145 Å². The Morgan fingerprint density at radius 2 is 1.53 bits per heavy atom. The number of anilines is 1. The normalized spacial score (nSPS) is 24.2. The largest absolute Gasteiger partial charge is 0.469 e. The van der Waals surface area contributed by atoms with Crippen LogP contribution in [0.15, 0.2) is 89.8 Å². The molecule has 2 aliphatic heterocycles. The summed E-state index contributed by atoms with van der Waals surface area (Å²) in [5.41, 5.74) is 2.08. The summed E-state index contributed by atoms with van der Waals surface area (Å²) in [6, 6.07) is 24.5. The Kier molecular flexibility index (Phi) is 12.1. The number of carbonyl (C=O) groups excluding carboxylic acids is 2. The minimum absolute atomic E-state index is 0.137. The van der Waals surface area contributed by atoms with Crippen molar-refractivity contribution in [1.82, 2.24) is 0 Å². The summed E-state index contributed by atoms with van der Waals surface area (Å²) in [7, 11) is -1.67. The van der Waals surface area contributed by atoms with Gasteiger partial charge in [0, 0.05) is 31.2 Å². The highest BCUT2D eigenvalue weighted by Gasteiger charge is 2.53. The number of fused-ring (bicyclic) bond motifs is 1. The molecule has 252 valence electrons. The van der Waals surface area contributed by atoms with Crippen LogP contribution < -0.4 is 5.32 Å². The van der Waals surface area contributed by atoms with E-state index in [1.54, 1.807) is 0 Å². The van der Waals surface area contributed by atoms with E-state index >= 15 is 0 Å². The van der Waals surface area contributed by atoms with E-state index in [9.17, 15) is 18.0 Å². The number of amides is 1. The molecule has 0 aliphatic carbocycles. The number of rotatable bonds is 14. The molecule has 13 heteroatoms. The zero-order valence-corrected chi connectivity index (χ0v) is 27.0. The lowest BCUT2D eigenvalue weighted by Gasteiger charge is -2.48. The second kappa shape index (κ2) is 16.4. The number of carbonyl (C=O) groups is 2. The second-order valence-corrected chi connectivity index (χ2v) is 12.7. The molecule has 0 bridgehead atoms. The summed E-state index contributed by atoms with van der Waals surface area (Å²) in [6.45, 7) is 0.315. The number of hydrogen-bond donors (Lipinski definition) is 1. The van der Waals surface area contributed by atoms with Crippen molar-refractivity contribution in [3.8, 4) is 0 Å². The van der Waals surface area contributed by atoms with Crippen LogP contribution in [0.5, 0.6) is 0 Å². The average Bonchev–Trinajstić information content (AvgIpc) is 3.10. The fraction of sp³-hybridized carbons (Fsp3) is 0.412. The Labute approximate surface area is 274 Å². The van der Waals surface area contributed by atoms with Crippen LogP contribution in [0.25, 0.3) is 0 Å². The van der Waals surface area contributed by atoms with Gasteiger partial charge in [0.05, 0.1) is 25.2 Å². The summed E-state index contributed by atoms with van der Waals surface area (Å²) >= 11 is 0. The summed E-state index contributed by atoms with van der Waals surface area (Å²) < 4.78 is 68.1. The Bertz CT molecular complexity index is 1550. The minimum atomic E-state index is -4.38. The van der Waals surface area contributed by atoms with Gasteiger partial charge in [-0.1, -0.05) is 60.7 Å². The van der Waals surface area contributed by atoms with Crippen molar-refractivity contribution in [1.29, 1.82) is 0 Å². The summed E-state index contributed by atoms with van der Waals surface area (Å²) in [5.74, 6) is -0.589. The van der Waals surface area contributed by atoms with Gasteiger partial charge in [0.15, 0.2) is 18.7 Å². The Balaban J connectivity index is 1.31. The van der Waals surface area contributed by atoms with Crippen LogP contribution in [0.1, 0.15) is 43.1 Å². The van der Waals surface area contributed by atoms with Gasteiger partial charge >= 0.3 is 5.97 Å². The molecule has 12 nitrogen and oxygen atoms in total. The first-order chi connectivity index (χ1) is 22.8. The molecule has 0 saturated carbocycles. The van der Waals surface area contributed by atoms with E-state index in [1.165, 1.54) is 38.5 Å². The van der Waals surface area contributed by atoms with Crippen LogP contribution in [0.4, 0.5) is 5.69 Å². The third-order valence-electron chi connectivity index (χ3n) is 7.80. The number of ether oxygens (including phenoxy) is 6. The highest BCUT2D eigenvalue weighted by Crippen LogP contribution is 2.38. The van der Waals surface area contributed by atoms with Crippen molar-refractivity contribution < 1.29 is 50.6 Å². The fourth-order valence-electron chi connectivity index (χ4n) is 5.36. The monoisotopic (exact) mass is 669 g/mol. The van der Waals surface area contributed by atoms with Gasteiger partial charge in [-0.3, -0.25) is 13.8 Å². The van der Waals surface area contributed by atoms with E-state index in [0.29, 0.717) is 18.5 Å². The molecule has 0 unspecified atom stereocenters. The van der Waals surface area contributed by atoms with Crippen molar-refractivity contribution in [2.75, 3.05) is 26.1 Å². The lowest BCUT2D eigenvalue weighted by molar-refractivity contribution is -0.360. The van der Waals surface area contributed by atoms with Crippen molar-refractivity contribution in [3.05, 3.63) is 96.1 Å². The Morgan fingerprint density at radius 3 is 2.21 bits per heavy atom. The molecule has 2 saturated heterocycles. The van der Waals surface area contributed by atoms with Crippen LogP contribution in [0.2, 0.25) is 0 Å². The number of hydrogen-bond acceptors (Lipinski definition) is 11. The number of benzene rings is 3. The quantitative estimate of drug-likeness (QED) is 0.147. The third kappa shape index (κ3) is 9.23. The number of unbranched alkanes of at least 4 members (excludes halogenated alkanes) is 1. The van der Waals surface area contributed by atoms with Gasteiger partial charge in [0.2, 0.25) is 5.91 Å². The maximum absolute atomic E-state index is 13.6. The molecule has 2 aliphatic rings. The lowest BCUT2D eigenvalue weighted by Crippen LogP contribution is -2.63. The van der Waals surface area contributed by atoms with E-state index in [4.69, 9.17) is 27.9 Å². The van der Waals surface area contributed by atoms with Gasteiger partial charge in [-0.15, -0.1) is 0 Å². The third-order valence-corrected chi connectivity index (χ3v) is 9.13. The Hall–Kier alpha value is -3.69. The molecule has 0 aromatic heterocycles. The highest BCUT2D eigenvalue weighted by atomic mass is 32.2. The molecule has 2 heterocycles. The summed E-state index contributed by atoms with van der Waals surface area (Å²) in [5, 5.41) is 2.73. The number of nitrogens with one attached hydrogen (secondary N) is 1. The van der Waals surface area contributed by atoms with E-state index in [2.05, 4.69) is 10.1 Å². The SMILES string of the molecule is COC(=O)CCCCC(=O)Nc1ccc(S(=O)(=O)O[C@@H]2[C@H](OC)O[C@@H]3CO[C@@H](c4ccccc4)O[C@H]3[C@@H]2OCc2ccccc2)cc1. The van der Waals surface area contributed by atoms with Crippen LogP contribution in [-0.4, -0.2) is 71.8 Å². The molecule has 1 amide bonds. The second-order valence-electron chi connectivity index (χ2n) is 11.1. The predicted molar refractivity (Wildman–Crippen MR) is 168 cm³/mol. The Morgan fingerprint density at radius 1 is 0.851 bits per heavy atom. The van der Waals surface area contributed by atoms with Crippen molar-refractivity contribution in [2.45, 2.75) is 74.2 Å². The van der Waals surface area contributed by atoms with Gasteiger partial charge in [-0.05, 0) is 42.7 Å². The van der Waals surface area contributed by atoms with Gasteiger partial charge < -0.3 is 33.7 Å². The number of methoxy groups -OCH3 is 2. The van der Waals surface area contributed by atoms with Gasteiger partial charge in [0.1, 0.15) is 18.3 Å². The van der Waals surface area contributed by atoms with Crippen LogP contribution in [0.3, 0.4) is 0 Å². The first kappa shape index (κ1) is 34.6. The molecular weight excluding hydrogens is 630 g/mol. The van der Waals surface area contributed by atoms with Gasteiger partial charge in [-0.2, -0.15) is 8.42 Å². The molecule has 2 fully saturated rings. The standard InChI is InChI=1S/C34H39NO11S/c1-40-29(37)16-10-9-15-28(36)35-25-17-19-26(20-18-25)47(38,39)46-32-31(42-21-23-11-5-3-6-12-23)30-27(44-34(32)41-2)22-43-33(45-30)24-13-7-4-8-14-24/h3-8,11-14,17-20,27,30-34H,9-10,15-16,21-22H2,1-2H3,(H,35,36)/t27-,30-,31+,32+,33-,34-/m1/s1. The van der Waals surface area contributed by atoms with E-state index in [0.717, 1.165) is 11.1 Å².